The van der Waals surface area contributed by atoms with Gasteiger partial charge in [-0.15, -0.1) is 6.42 Å². The van der Waals surface area contributed by atoms with Crippen LogP contribution in [0.2, 0.25) is 0 Å². The fourth-order valence-electron chi connectivity index (χ4n) is 1.42. The monoisotopic (exact) mass is 225 g/mol. The first-order valence-electron chi connectivity index (χ1n) is 5.04. The molecule has 0 spiro atoms. The van der Waals surface area contributed by atoms with E-state index in [2.05, 4.69) is 11.2 Å². The van der Waals surface area contributed by atoms with Crippen molar-refractivity contribution in [3.63, 3.8) is 0 Å². The minimum absolute atomic E-state index is 0.240. The number of piperazine rings is 1. The number of terminal acetylenes is 1. The van der Waals surface area contributed by atoms with Crippen molar-refractivity contribution in [2.24, 2.45) is 0 Å². The molecule has 1 unspecified atom stereocenters. The van der Waals surface area contributed by atoms with Crippen molar-refractivity contribution in [1.29, 1.82) is 0 Å². The molecule has 0 aromatic rings. The maximum Gasteiger partial charge on any atom is 0.407 e. The summed E-state index contributed by atoms with van der Waals surface area (Å²) in [5.74, 6) is 2.40. The second-order valence-electron chi connectivity index (χ2n) is 3.59. The Labute approximate surface area is 94.2 Å². The Kier molecular flexibility index (Phi) is 4.00. The minimum Gasteiger partial charge on any atom is -0.465 e. The quantitative estimate of drug-likeness (QED) is 0.617. The predicted molar refractivity (Wildman–Crippen MR) is 58.0 cm³/mol. The summed E-state index contributed by atoms with van der Waals surface area (Å²) in [5.41, 5.74) is 0. The molecule has 16 heavy (non-hydrogen) atoms. The van der Waals surface area contributed by atoms with E-state index in [0.29, 0.717) is 26.2 Å². The molecule has 1 fully saturated rings. The van der Waals surface area contributed by atoms with E-state index in [0.717, 1.165) is 0 Å². The van der Waals surface area contributed by atoms with Gasteiger partial charge in [0.2, 0.25) is 0 Å². The van der Waals surface area contributed by atoms with Crippen molar-refractivity contribution in [2.45, 2.75) is 13.0 Å². The van der Waals surface area contributed by atoms with E-state index in [1.807, 2.05) is 0 Å². The van der Waals surface area contributed by atoms with Crippen LogP contribution in [0.4, 0.5) is 9.59 Å². The highest BCUT2D eigenvalue weighted by atomic mass is 16.4. The van der Waals surface area contributed by atoms with Crippen molar-refractivity contribution in [3.05, 3.63) is 0 Å². The van der Waals surface area contributed by atoms with Crippen LogP contribution in [0.25, 0.3) is 0 Å². The molecule has 0 bridgehead atoms. The normalized spacial score (nSPS) is 17.5. The number of nitrogens with zero attached hydrogens (tertiary/aromatic N) is 2. The van der Waals surface area contributed by atoms with Crippen molar-refractivity contribution < 1.29 is 14.7 Å². The lowest BCUT2D eigenvalue weighted by Crippen LogP contribution is -2.53. The summed E-state index contributed by atoms with van der Waals surface area (Å²) in [6.45, 7) is 3.19. The third-order valence-electron chi connectivity index (χ3n) is 2.43. The highest BCUT2D eigenvalue weighted by Crippen LogP contribution is 2.02. The van der Waals surface area contributed by atoms with Gasteiger partial charge in [0.25, 0.3) is 0 Å². The fourth-order valence-corrected chi connectivity index (χ4v) is 1.42. The number of rotatable bonds is 1. The molecule has 3 amide bonds. The lowest BCUT2D eigenvalue weighted by molar-refractivity contribution is 0.111. The van der Waals surface area contributed by atoms with Crippen molar-refractivity contribution in [1.82, 2.24) is 15.1 Å². The van der Waals surface area contributed by atoms with Crippen molar-refractivity contribution >= 4 is 12.1 Å². The number of amides is 3. The Morgan fingerprint density at radius 3 is 2.25 bits per heavy atom. The molecule has 0 aliphatic carbocycles. The molecule has 6 heteroatoms. The van der Waals surface area contributed by atoms with Gasteiger partial charge in [-0.1, -0.05) is 5.92 Å². The van der Waals surface area contributed by atoms with Crippen molar-refractivity contribution in [3.8, 4) is 12.3 Å². The Balaban J connectivity index is 2.39. The number of hydrogen-bond acceptors (Lipinski definition) is 2. The molecule has 1 heterocycles. The summed E-state index contributed by atoms with van der Waals surface area (Å²) in [6.07, 6.45) is 4.20. The largest absolute Gasteiger partial charge is 0.465 e. The Morgan fingerprint density at radius 1 is 1.31 bits per heavy atom. The molecule has 0 aromatic carbocycles. The number of carbonyl (C=O) groups excluding carboxylic acids is 1. The molecule has 0 radical (unpaired) electrons. The molecule has 1 aliphatic rings. The van der Waals surface area contributed by atoms with Gasteiger partial charge in [0.1, 0.15) is 0 Å². The molecule has 2 N–H and O–H groups in total. The average Bonchev–Trinajstić information content (AvgIpc) is 2.28. The molecular weight excluding hydrogens is 210 g/mol. The highest BCUT2D eigenvalue weighted by Gasteiger charge is 2.23. The van der Waals surface area contributed by atoms with Crippen LogP contribution < -0.4 is 5.32 Å². The molecule has 1 atom stereocenters. The standard InChI is InChI=1S/C10H15N3O3/c1-3-8(2)11-9(14)12-4-6-13(7-5-12)10(15)16/h1,8H,4-7H2,2H3,(H,11,14)(H,15,16). The van der Waals surface area contributed by atoms with Crippen LogP contribution >= 0.6 is 0 Å². The van der Waals surface area contributed by atoms with E-state index in [1.54, 1.807) is 11.8 Å². The Morgan fingerprint density at radius 2 is 1.81 bits per heavy atom. The topological polar surface area (TPSA) is 72.9 Å². The maximum absolute atomic E-state index is 11.6. The summed E-state index contributed by atoms with van der Waals surface area (Å²) < 4.78 is 0. The third kappa shape index (κ3) is 3.05. The van der Waals surface area contributed by atoms with Gasteiger partial charge in [0, 0.05) is 26.2 Å². The molecule has 6 nitrogen and oxygen atoms in total. The Bertz CT molecular complexity index is 316. The highest BCUT2D eigenvalue weighted by molar-refractivity contribution is 5.75. The van der Waals surface area contributed by atoms with Crippen LogP contribution in [0.5, 0.6) is 0 Å². The lowest BCUT2D eigenvalue weighted by Gasteiger charge is -2.33. The summed E-state index contributed by atoms with van der Waals surface area (Å²) in [4.78, 5) is 25.1. The third-order valence-corrected chi connectivity index (χ3v) is 2.43. The van der Waals surface area contributed by atoms with Crippen molar-refractivity contribution in [2.75, 3.05) is 26.2 Å². The van der Waals surface area contributed by atoms with Crippen LogP contribution in [0.3, 0.4) is 0 Å². The zero-order valence-electron chi connectivity index (χ0n) is 9.14. The average molecular weight is 225 g/mol. The zero-order valence-corrected chi connectivity index (χ0v) is 9.14. The predicted octanol–water partition coefficient (Wildman–Crippen LogP) is 0.0133. The van der Waals surface area contributed by atoms with E-state index < -0.39 is 6.09 Å². The maximum atomic E-state index is 11.6. The van der Waals surface area contributed by atoms with E-state index in [4.69, 9.17) is 11.5 Å². The first-order valence-corrected chi connectivity index (χ1v) is 5.04. The molecule has 88 valence electrons. The molecule has 0 aromatic heterocycles. The van der Waals surface area contributed by atoms with Crippen LogP contribution in [0.15, 0.2) is 0 Å². The SMILES string of the molecule is C#CC(C)NC(=O)N1CCN(C(=O)O)CC1. The van der Waals surface area contributed by atoms with Gasteiger partial charge in [-0.05, 0) is 6.92 Å². The van der Waals surface area contributed by atoms with Gasteiger partial charge in [-0.3, -0.25) is 0 Å². The van der Waals surface area contributed by atoms with Gasteiger partial charge in [0.15, 0.2) is 0 Å². The van der Waals surface area contributed by atoms with Crippen LogP contribution in [0.1, 0.15) is 6.92 Å². The number of hydrogen-bond donors (Lipinski definition) is 2. The van der Waals surface area contributed by atoms with Gasteiger partial charge < -0.3 is 20.2 Å². The second-order valence-corrected chi connectivity index (χ2v) is 3.59. The summed E-state index contributed by atoms with van der Waals surface area (Å²) >= 11 is 0. The first-order chi connectivity index (χ1) is 7.54. The minimum atomic E-state index is -0.947. The van der Waals surface area contributed by atoms with E-state index in [9.17, 15) is 9.59 Å². The Hall–Kier alpha value is -1.90. The van der Waals surface area contributed by atoms with E-state index in [-0.39, 0.29) is 12.1 Å². The second kappa shape index (κ2) is 5.26. The van der Waals surface area contributed by atoms with Crippen LogP contribution in [0, 0.1) is 12.3 Å². The first kappa shape index (κ1) is 12.2. The number of carbonyl (C=O) groups is 2. The molecule has 1 aliphatic heterocycles. The molecular formula is C10H15N3O3. The number of urea groups is 1. The number of carboxylic acid groups (broad SMARTS) is 1. The van der Waals surface area contributed by atoms with Gasteiger partial charge in [0.05, 0.1) is 6.04 Å². The lowest BCUT2D eigenvalue weighted by atomic mass is 10.3. The van der Waals surface area contributed by atoms with Gasteiger partial charge >= 0.3 is 12.1 Å². The zero-order chi connectivity index (χ0) is 12.1. The molecule has 0 saturated carbocycles. The van der Waals surface area contributed by atoms with Gasteiger partial charge in [-0.25, -0.2) is 9.59 Å². The van der Waals surface area contributed by atoms with Crippen LogP contribution in [-0.2, 0) is 0 Å². The summed E-state index contributed by atoms with van der Waals surface area (Å²) in [7, 11) is 0. The van der Waals surface area contributed by atoms with Gasteiger partial charge in [-0.2, -0.15) is 0 Å². The smallest absolute Gasteiger partial charge is 0.407 e. The van der Waals surface area contributed by atoms with E-state index >= 15 is 0 Å². The fraction of sp³-hybridized carbons (Fsp3) is 0.600. The van der Waals surface area contributed by atoms with Crippen LogP contribution in [-0.4, -0.2) is 59.3 Å². The number of nitrogens with one attached hydrogen (secondary N) is 1. The summed E-state index contributed by atoms with van der Waals surface area (Å²) in [6, 6.07) is -0.555. The molecule has 1 saturated heterocycles. The molecule has 1 rings (SSSR count). The summed E-state index contributed by atoms with van der Waals surface area (Å²) in [5, 5.41) is 11.4. The van der Waals surface area contributed by atoms with E-state index in [1.165, 1.54) is 4.90 Å².